The number of aromatic nitrogens is 4. The van der Waals surface area contributed by atoms with Crippen LogP contribution in [-0.2, 0) is 5.41 Å². The number of nitrogens with zero attached hydrogens (tertiary/aromatic N) is 4. The maximum Gasteiger partial charge on any atom is 0.271 e. The predicted molar refractivity (Wildman–Crippen MR) is 120 cm³/mol. The first kappa shape index (κ1) is 22.5. The van der Waals surface area contributed by atoms with Gasteiger partial charge in [-0.05, 0) is 54.9 Å². The van der Waals surface area contributed by atoms with E-state index >= 15 is 0 Å². The van der Waals surface area contributed by atoms with Crippen LogP contribution in [0.3, 0.4) is 0 Å². The summed E-state index contributed by atoms with van der Waals surface area (Å²) in [4.78, 5) is 21.6. The molecule has 2 heterocycles. The van der Waals surface area contributed by atoms with Crippen LogP contribution in [0.1, 0.15) is 67.0 Å². The number of fused-ring (bicyclic) bond motifs is 5. The molecular formula is C25H25F2N5O2. The Labute approximate surface area is 195 Å². The number of hydrogen-bond donors (Lipinski definition) is 2. The van der Waals surface area contributed by atoms with Crippen LogP contribution in [-0.4, -0.2) is 43.8 Å². The molecule has 2 bridgehead atoms. The second kappa shape index (κ2) is 7.87. The van der Waals surface area contributed by atoms with Gasteiger partial charge in [0.15, 0.2) is 0 Å². The summed E-state index contributed by atoms with van der Waals surface area (Å²) >= 11 is 0. The zero-order chi connectivity index (χ0) is 24.3. The lowest BCUT2D eigenvalue weighted by molar-refractivity contribution is 0.0915. The van der Waals surface area contributed by atoms with Gasteiger partial charge in [-0.3, -0.25) is 9.78 Å². The topological polar surface area (TPSA) is 101 Å². The third-order valence-electron chi connectivity index (χ3n) is 7.56. The smallest absolute Gasteiger partial charge is 0.271 e. The molecule has 176 valence electrons. The Kier molecular flexibility index (Phi) is 5.20. The van der Waals surface area contributed by atoms with Gasteiger partial charge in [-0.1, -0.05) is 19.9 Å². The first-order valence-electron chi connectivity index (χ1n) is 11.3. The van der Waals surface area contributed by atoms with Gasteiger partial charge in [0, 0.05) is 12.2 Å². The molecule has 7 nitrogen and oxygen atoms in total. The second-order valence-electron chi connectivity index (χ2n) is 9.70. The number of halogens is 2. The fraction of sp³-hybridized carbons (Fsp3) is 0.400. The van der Waals surface area contributed by atoms with Gasteiger partial charge in [-0.15, -0.1) is 5.10 Å². The Morgan fingerprint density at radius 2 is 1.97 bits per heavy atom. The standard InChI is InChI=1S/C25H25F2N5O2/c1-13(12-33)29-23(34)19-10-28-11-20(30-19)25-8-7-15(24(25,2)3)14-9-18(31-32-22(14)25)21-16(26)5-4-6-17(21)27/h4-6,9-11,13,15,33H,7-8,12H2,1-3H3,(H,29,34)/t13-,15+,25+/m1/s1. The van der Waals surface area contributed by atoms with Crippen LogP contribution >= 0.6 is 0 Å². The van der Waals surface area contributed by atoms with Gasteiger partial charge in [-0.25, -0.2) is 13.8 Å². The number of aliphatic hydroxyl groups excluding tert-OH is 1. The Hall–Kier alpha value is -3.33. The summed E-state index contributed by atoms with van der Waals surface area (Å²) in [5.74, 6) is -1.71. The Morgan fingerprint density at radius 3 is 2.68 bits per heavy atom. The maximum atomic E-state index is 14.4. The van der Waals surface area contributed by atoms with Crippen LogP contribution in [0.15, 0.2) is 36.7 Å². The molecule has 5 rings (SSSR count). The van der Waals surface area contributed by atoms with Gasteiger partial charge < -0.3 is 10.4 Å². The van der Waals surface area contributed by atoms with E-state index in [1.165, 1.54) is 24.4 Å². The largest absolute Gasteiger partial charge is 0.394 e. The van der Waals surface area contributed by atoms with E-state index in [0.717, 1.165) is 18.4 Å². The van der Waals surface area contributed by atoms with Gasteiger partial charge in [0.25, 0.3) is 5.91 Å². The molecule has 0 spiro atoms. The Morgan fingerprint density at radius 1 is 1.24 bits per heavy atom. The molecule has 0 aliphatic heterocycles. The number of carbonyl (C=O) groups excluding carboxylic acids is 1. The van der Waals surface area contributed by atoms with Gasteiger partial charge in [0.2, 0.25) is 0 Å². The van der Waals surface area contributed by atoms with Gasteiger partial charge in [0.1, 0.15) is 17.3 Å². The molecule has 2 aliphatic carbocycles. The summed E-state index contributed by atoms with van der Waals surface area (Å²) in [7, 11) is 0. The van der Waals surface area contributed by atoms with Crippen LogP contribution in [0, 0.1) is 17.0 Å². The highest BCUT2D eigenvalue weighted by Gasteiger charge is 2.65. The van der Waals surface area contributed by atoms with Crippen LogP contribution in [0.25, 0.3) is 11.3 Å². The van der Waals surface area contributed by atoms with Crippen LogP contribution in [0.2, 0.25) is 0 Å². The summed E-state index contributed by atoms with van der Waals surface area (Å²) in [5.41, 5.74) is 1.37. The quantitative estimate of drug-likeness (QED) is 0.598. The van der Waals surface area contributed by atoms with E-state index in [1.807, 2.05) is 0 Å². The van der Waals surface area contributed by atoms with E-state index in [9.17, 15) is 18.7 Å². The summed E-state index contributed by atoms with van der Waals surface area (Å²) in [6.07, 6.45) is 4.62. The van der Waals surface area contributed by atoms with Crippen molar-refractivity contribution >= 4 is 5.91 Å². The number of hydrogen-bond acceptors (Lipinski definition) is 6. The van der Waals surface area contributed by atoms with Crippen molar-refractivity contribution in [1.82, 2.24) is 25.5 Å². The highest BCUT2D eigenvalue weighted by molar-refractivity contribution is 5.92. The molecule has 1 saturated carbocycles. The molecule has 3 aromatic rings. The molecule has 2 aliphatic rings. The average Bonchev–Trinajstić information content (AvgIpc) is 3.20. The monoisotopic (exact) mass is 465 g/mol. The second-order valence-corrected chi connectivity index (χ2v) is 9.70. The maximum absolute atomic E-state index is 14.4. The fourth-order valence-corrected chi connectivity index (χ4v) is 5.78. The minimum absolute atomic E-state index is 0.0836. The molecule has 2 N–H and O–H groups in total. The normalized spacial score (nSPS) is 22.9. The minimum atomic E-state index is -0.687. The van der Waals surface area contributed by atoms with E-state index < -0.39 is 29.0 Å². The number of benzene rings is 1. The predicted octanol–water partition coefficient (Wildman–Crippen LogP) is 3.53. The third-order valence-corrected chi connectivity index (χ3v) is 7.56. The first-order chi connectivity index (χ1) is 16.2. The Balaban J connectivity index is 1.62. The van der Waals surface area contributed by atoms with Crippen molar-refractivity contribution in [2.24, 2.45) is 5.41 Å². The third kappa shape index (κ3) is 3.06. The molecule has 2 aromatic heterocycles. The number of rotatable bonds is 5. The molecule has 1 aromatic carbocycles. The molecular weight excluding hydrogens is 440 g/mol. The number of nitrogens with one attached hydrogen (secondary N) is 1. The van der Waals surface area contributed by atoms with Crippen molar-refractivity contribution in [3.05, 3.63) is 70.9 Å². The fourth-order valence-electron chi connectivity index (χ4n) is 5.78. The first-order valence-corrected chi connectivity index (χ1v) is 11.3. The molecule has 0 saturated heterocycles. The van der Waals surface area contributed by atoms with E-state index in [0.29, 0.717) is 11.4 Å². The summed E-state index contributed by atoms with van der Waals surface area (Å²) < 4.78 is 28.8. The van der Waals surface area contributed by atoms with Crippen molar-refractivity contribution in [2.75, 3.05) is 6.61 Å². The van der Waals surface area contributed by atoms with Crippen LogP contribution in [0.5, 0.6) is 0 Å². The highest BCUT2D eigenvalue weighted by atomic mass is 19.1. The van der Waals surface area contributed by atoms with Crippen LogP contribution in [0.4, 0.5) is 8.78 Å². The SMILES string of the molecule is C[C@H](CO)NC(=O)c1cncc([C@@]23CC[C@@H](c4cc(-c5c(F)cccc5F)nnc42)C3(C)C)n1. The zero-order valence-corrected chi connectivity index (χ0v) is 19.1. The molecule has 9 heteroatoms. The molecule has 3 atom stereocenters. The van der Waals surface area contributed by atoms with E-state index in [-0.39, 0.29) is 34.9 Å². The lowest BCUT2D eigenvalue weighted by Gasteiger charge is -2.37. The van der Waals surface area contributed by atoms with Crippen molar-refractivity contribution in [2.45, 2.75) is 51.0 Å². The molecule has 0 radical (unpaired) electrons. The molecule has 1 amide bonds. The summed E-state index contributed by atoms with van der Waals surface area (Å²) in [5, 5.41) is 20.7. The number of amides is 1. The van der Waals surface area contributed by atoms with E-state index in [2.05, 4.69) is 39.3 Å². The van der Waals surface area contributed by atoms with E-state index in [1.54, 1.807) is 19.2 Å². The Bertz CT molecular complexity index is 1280. The van der Waals surface area contributed by atoms with Crippen molar-refractivity contribution in [1.29, 1.82) is 0 Å². The van der Waals surface area contributed by atoms with E-state index in [4.69, 9.17) is 0 Å². The van der Waals surface area contributed by atoms with Gasteiger partial charge in [-0.2, -0.15) is 5.10 Å². The number of carbonyl (C=O) groups is 1. The van der Waals surface area contributed by atoms with Crippen molar-refractivity contribution in [3.8, 4) is 11.3 Å². The average molecular weight is 466 g/mol. The van der Waals surface area contributed by atoms with Gasteiger partial charge >= 0.3 is 0 Å². The molecule has 1 fully saturated rings. The van der Waals surface area contributed by atoms with Gasteiger partial charge in [0.05, 0.1) is 40.9 Å². The summed E-state index contributed by atoms with van der Waals surface area (Å²) in [6.45, 7) is 5.75. The number of aliphatic hydroxyl groups is 1. The zero-order valence-electron chi connectivity index (χ0n) is 19.1. The van der Waals surface area contributed by atoms with Crippen LogP contribution < -0.4 is 5.32 Å². The lowest BCUT2D eigenvalue weighted by Crippen LogP contribution is -2.39. The summed E-state index contributed by atoms with van der Waals surface area (Å²) in [6, 6.07) is 5.05. The molecule has 0 unspecified atom stereocenters. The van der Waals surface area contributed by atoms with Crippen molar-refractivity contribution < 1.29 is 18.7 Å². The molecule has 34 heavy (non-hydrogen) atoms. The minimum Gasteiger partial charge on any atom is -0.394 e. The highest BCUT2D eigenvalue weighted by Crippen LogP contribution is 2.69. The lowest BCUT2D eigenvalue weighted by atomic mass is 9.66. The van der Waals surface area contributed by atoms with Crippen molar-refractivity contribution in [3.63, 3.8) is 0 Å².